The number of hydrogen-bond donors (Lipinski definition) is 1. The first kappa shape index (κ1) is 10.3. The molecule has 0 amide bonds. The lowest BCUT2D eigenvalue weighted by atomic mass is 10.2. The third kappa shape index (κ3) is 1.40. The van der Waals surface area contributed by atoms with Crippen molar-refractivity contribution in [2.75, 3.05) is 0 Å². The minimum Gasteiger partial charge on any atom is -0.352 e. The molecule has 0 spiro atoms. The quantitative estimate of drug-likeness (QED) is 0.639. The second-order valence-corrected chi connectivity index (χ2v) is 5.52. The highest BCUT2D eigenvalue weighted by atomic mass is 79.9. The summed E-state index contributed by atoms with van der Waals surface area (Å²) in [5.74, 6) is 0. The summed E-state index contributed by atoms with van der Waals surface area (Å²) in [6.45, 7) is 2.01. The van der Waals surface area contributed by atoms with Crippen LogP contribution < -0.4 is 0 Å². The molecule has 2 nitrogen and oxygen atoms in total. The van der Waals surface area contributed by atoms with E-state index in [2.05, 4.69) is 47.9 Å². The normalized spacial score (nSPS) is 11.4. The lowest BCUT2D eigenvalue weighted by Gasteiger charge is -1.96. The number of aryl methyl sites for hydroxylation is 1. The molecule has 4 heteroatoms. The molecule has 0 atom stereocenters. The van der Waals surface area contributed by atoms with E-state index >= 15 is 0 Å². The number of fused-ring (bicyclic) bond motifs is 3. The monoisotopic (exact) mass is 338 g/mol. The Morgan fingerprint density at radius 1 is 1.12 bits per heavy atom. The Labute approximate surface area is 109 Å². The summed E-state index contributed by atoms with van der Waals surface area (Å²) in [5.41, 5.74) is 3.25. The zero-order valence-electron chi connectivity index (χ0n) is 8.51. The molecule has 0 saturated heterocycles. The lowest BCUT2D eigenvalue weighted by molar-refractivity contribution is 1.22. The summed E-state index contributed by atoms with van der Waals surface area (Å²) < 4.78 is 2.13. The van der Waals surface area contributed by atoms with Crippen LogP contribution in [-0.2, 0) is 0 Å². The molecule has 0 aliphatic rings. The Bertz CT molecular complexity index is 701. The second kappa shape index (κ2) is 3.57. The third-order valence-corrected chi connectivity index (χ3v) is 3.82. The van der Waals surface area contributed by atoms with Gasteiger partial charge in [-0.25, -0.2) is 0 Å². The molecule has 1 N–H and O–H groups in total. The number of aromatic nitrogens is 2. The van der Waals surface area contributed by atoms with Gasteiger partial charge in [0.05, 0.1) is 16.7 Å². The van der Waals surface area contributed by atoms with Crippen LogP contribution in [0.5, 0.6) is 0 Å². The van der Waals surface area contributed by atoms with Crippen LogP contribution in [0.1, 0.15) is 5.69 Å². The average molecular weight is 340 g/mol. The summed E-state index contributed by atoms with van der Waals surface area (Å²) in [5, 5.41) is 2.42. The van der Waals surface area contributed by atoms with Crippen LogP contribution in [0.2, 0.25) is 0 Å². The highest BCUT2D eigenvalue weighted by Crippen LogP contribution is 2.33. The highest BCUT2D eigenvalue weighted by Gasteiger charge is 2.09. The first-order chi connectivity index (χ1) is 7.66. The minimum atomic E-state index is 1.02. The van der Waals surface area contributed by atoms with Crippen LogP contribution in [0.3, 0.4) is 0 Å². The Kier molecular flexibility index (Phi) is 2.30. The van der Waals surface area contributed by atoms with E-state index in [4.69, 9.17) is 0 Å². The maximum Gasteiger partial charge on any atom is 0.0681 e. The van der Waals surface area contributed by atoms with Gasteiger partial charge < -0.3 is 4.98 Å². The molecule has 1 aromatic carbocycles. The van der Waals surface area contributed by atoms with Crippen LogP contribution in [0.4, 0.5) is 0 Å². The molecule has 0 aliphatic heterocycles. The van der Waals surface area contributed by atoms with Crippen molar-refractivity contribution in [3.8, 4) is 0 Å². The van der Waals surface area contributed by atoms with Gasteiger partial charge in [-0.15, -0.1) is 0 Å². The molecule has 0 fully saturated rings. The fraction of sp³-hybridized carbons (Fsp3) is 0.0833. The Balaban J connectivity index is 2.61. The number of halogens is 2. The molecule has 2 heterocycles. The fourth-order valence-corrected chi connectivity index (χ4v) is 3.31. The number of nitrogens with zero attached hydrogens (tertiary/aromatic N) is 1. The van der Waals surface area contributed by atoms with Gasteiger partial charge in [-0.1, -0.05) is 15.9 Å². The largest absolute Gasteiger partial charge is 0.352 e. The first-order valence-electron chi connectivity index (χ1n) is 4.89. The molecular weight excluding hydrogens is 332 g/mol. The zero-order valence-corrected chi connectivity index (χ0v) is 11.7. The van der Waals surface area contributed by atoms with Gasteiger partial charge in [-0.3, -0.25) is 4.98 Å². The lowest BCUT2D eigenvalue weighted by Crippen LogP contribution is -1.80. The number of rotatable bonds is 0. The van der Waals surface area contributed by atoms with Gasteiger partial charge >= 0.3 is 0 Å². The molecule has 3 rings (SSSR count). The summed E-state index contributed by atoms with van der Waals surface area (Å²) in [4.78, 5) is 7.71. The second-order valence-electron chi connectivity index (χ2n) is 3.75. The fourth-order valence-electron chi connectivity index (χ4n) is 1.99. The van der Waals surface area contributed by atoms with Gasteiger partial charge in [0.25, 0.3) is 0 Å². The average Bonchev–Trinajstić information content (AvgIpc) is 2.59. The number of hydrogen-bond acceptors (Lipinski definition) is 1. The van der Waals surface area contributed by atoms with E-state index in [0.717, 1.165) is 25.7 Å². The highest BCUT2D eigenvalue weighted by molar-refractivity contribution is 9.11. The van der Waals surface area contributed by atoms with Crippen molar-refractivity contribution >= 4 is 53.7 Å². The van der Waals surface area contributed by atoms with Gasteiger partial charge in [-0.05, 0) is 41.1 Å². The molecular formula is C12H8Br2N2. The van der Waals surface area contributed by atoms with E-state index in [1.807, 2.05) is 25.3 Å². The topological polar surface area (TPSA) is 28.7 Å². The maximum atomic E-state index is 4.30. The molecule has 2 aromatic heterocycles. The van der Waals surface area contributed by atoms with Crippen LogP contribution in [-0.4, -0.2) is 9.97 Å². The van der Waals surface area contributed by atoms with Gasteiger partial charge in [0.15, 0.2) is 0 Å². The number of H-pyrrole nitrogens is 1. The maximum absolute atomic E-state index is 4.30. The summed E-state index contributed by atoms with van der Waals surface area (Å²) in [7, 11) is 0. The van der Waals surface area contributed by atoms with E-state index in [1.54, 1.807) is 0 Å². The molecule has 0 saturated carbocycles. The smallest absolute Gasteiger partial charge is 0.0681 e. The van der Waals surface area contributed by atoms with Crippen molar-refractivity contribution in [1.82, 2.24) is 9.97 Å². The van der Waals surface area contributed by atoms with Crippen molar-refractivity contribution < 1.29 is 0 Å². The summed E-state index contributed by atoms with van der Waals surface area (Å²) >= 11 is 7.08. The van der Waals surface area contributed by atoms with E-state index in [0.29, 0.717) is 0 Å². The Hall–Kier alpha value is -0.870. The Morgan fingerprint density at radius 2 is 1.94 bits per heavy atom. The predicted molar refractivity (Wildman–Crippen MR) is 73.7 cm³/mol. The van der Waals surface area contributed by atoms with Gasteiger partial charge in [0.1, 0.15) is 0 Å². The van der Waals surface area contributed by atoms with Crippen molar-refractivity contribution in [3.63, 3.8) is 0 Å². The Morgan fingerprint density at radius 3 is 2.75 bits per heavy atom. The van der Waals surface area contributed by atoms with Crippen molar-refractivity contribution in [3.05, 3.63) is 39.0 Å². The summed E-state index contributed by atoms with van der Waals surface area (Å²) in [6, 6.07) is 6.21. The molecule has 3 aromatic rings. The SMILES string of the molecule is Cc1nccc2c1[nH]c1c(Br)cc(Br)cc12. The van der Waals surface area contributed by atoms with Crippen molar-refractivity contribution in [1.29, 1.82) is 0 Å². The van der Waals surface area contributed by atoms with Gasteiger partial charge in [0.2, 0.25) is 0 Å². The van der Waals surface area contributed by atoms with Crippen molar-refractivity contribution in [2.45, 2.75) is 6.92 Å². The standard InChI is InChI=1S/C12H8Br2N2/c1-6-11-8(2-3-15-6)9-4-7(13)5-10(14)12(9)16-11/h2-5,16H,1H3. The molecule has 16 heavy (non-hydrogen) atoms. The number of nitrogens with one attached hydrogen (secondary N) is 1. The van der Waals surface area contributed by atoms with Crippen LogP contribution in [0.15, 0.2) is 33.3 Å². The molecule has 80 valence electrons. The van der Waals surface area contributed by atoms with E-state index in [1.165, 1.54) is 10.8 Å². The molecule has 0 bridgehead atoms. The zero-order chi connectivity index (χ0) is 11.3. The van der Waals surface area contributed by atoms with E-state index in [9.17, 15) is 0 Å². The van der Waals surface area contributed by atoms with E-state index in [-0.39, 0.29) is 0 Å². The van der Waals surface area contributed by atoms with Crippen LogP contribution in [0, 0.1) is 6.92 Å². The number of pyridine rings is 1. The van der Waals surface area contributed by atoms with Gasteiger partial charge in [-0.2, -0.15) is 0 Å². The van der Waals surface area contributed by atoms with Crippen molar-refractivity contribution in [2.24, 2.45) is 0 Å². The number of aromatic amines is 1. The van der Waals surface area contributed by atoms with Gasteiger partial charge in [0, 0.05) is 25.9 Å². The van der Waals surface area contributed by atoms with Crippen LogP contribution >= 0.6 is 31.9 Å². The first-order valence-corrected chi connectivity index (χ1v) is 6.47. The van der Waals surface area contributed by atoms with E-state index < -0.39 is 0 Å². The summed E-state index contributed by atoms with van der Waals surface area (Å²) in [6.07, 6.45) is 1.85. The molecule has 0 unspecified atom stereocenters. The minimum absolute atomic E-state index is 1.02. The molecule has 0 radical (unpaired) electrons. The third-order valence-electron chi connectivity index (χ3n) is 2.74. The van der Waals surface area contributed by atoms with Crippen LogP contribution in [0.25, 0.3) is 21.8 Å². The predicted octanol–water partition coefficient (Wildman–Crippen LogP) is 4.55. The number of benzene rings is 1. The molecule has 0 aliphatic carbocycles.